The summed E-state index contributed by atoms with van der Waals surface area (Å²) in [7, 11) is -3.72. The van der Waals surface area contributed by atoms with Gasteiger partial charge in [-0.15, -0.1) is 0 Å². The molecule has 0 aliphatic carbocycles. The van der Waals surface area contributed by atoms with Gasteiger partial charge in [0.05, 0.1) is 6.61 Å². The van der Waals surface area contributed by atoms with Crippen molar-refractivity contribution in [3.8, 4) is 5.75 Å². The smallest absolute Gasteiger partial charge is 0.247 e. The maximum Gasteiger partial charge on any atom is 0.247 e. The Morgan fingerprint density at radius 2 is 1.79 bits per heavy atom. The minimum atomic E-state index is -3.72. The van der Waals surface area contributed by atoms with Gasteiger partial charge in [-0.05, 0) is 37.1 Å². The molecule has 2 aromatic carbocycles. The molecule has 0 aliphatic heterocycles. The van der Waals surface area contributed by atoms with Crippen molar-refractivity contribution in [1.29, 1.82) is 0 Å². The average Bonchev–Trinajstić information content (AvgIpc) is 2.56. The van der Waals surface area contributed by atoms with Crippen LogP contribution in [0.25, 0.3) is 0 Å². The van der Waals surface area contributed by atoms with E-state index in [1.165, 1.54) is 10.4 Å². The fourth-order valence-electron chi connectivity index (χ4n) is 2.40. The van der Waals surface area contributed by atoms with E-state index < -0.39 is 10.0 Å². The molecule has 2 aromatic rings. The van der Waals surface area contributed by atoms with Crippen LogP contribution in [0, 0.1) is 6.92 Å². The van der Waals surface area contributed by atoms with Crippen LogP contribution in [0.5, 0.6) is 5.75 Å². The van der Waals surface area contributed by atoms with Gasteiger partial charge in [-0.25, -0.2) is 8.42 Å². The molecule has 0 spiro atoms. The summed E-state index contributed by atoms with van der Waals surface area (Å²) < 4.78 is 33.2. The number of benzene rings is 2. The molecule has 0 radical (unpaired) electrons. The number of aryl methyl sites for hydroxylation is 1. The van der Waals surface area contributed by atoms with Gasteiger partial charge in [-0.3, -0.25) is 0 Å². The van der Waals surface area contributed by atoms with Crippen LogP contribution in [0.4, 0.5) is 0 Å². The zero-order chi connectivity index (χ0) is 17.7. The van der Waals surface area contributed by atoms with Crippen molar-refractivity contribution in [3.05, 3.63) is 58.6 Å². The Morgan fingerprint density at radius 1 is 1.12 bits per heavy atom. The molecule has 0 saturated heterocycles. The first-order valence-electron chi connectivity index (χ1n) is 7.87. The first kappa shape index (κ1) is 18.8. The Bertz CT molecular complexity index is 791. The summed E-state index contributed by atoms with van der Waals surface area (Å²) in [6.07, 6.45) is 0. The van der Waals surface area contributed by atoms with Gasteiger partial charge in [0, 0.05) is 18.1 Å². The lowest BCUT2D eigenvalue weighted by molar-refractivity contribution is 0.328. The summed E-state index contributed by atoms with van der Waals surface area (Å²) in [6, 6.07) is 12.7. The van der Waals surface area contributed by atoms with Crippen LogP contribution in [0.3, 0.4) is 0 Å². The zero-order valence-corrected chi connectivity index (χ0v) is 15.7. The van der Waals surface area contributed by atoms with Crippen LogP contribution in [-0.2, 0) is 16.6 Å². The molecule has 0 saturated carbocycles. The molecule has 0 heterocycles. The van der Waals surface area contributed by atoms with Gasteiger partial charge in [0.25, 0.3) is 0 Å². The molecular weight excluding hydrogens is 346 g/mol. The van der Waals surface area contributed by atoms with Gasteiger partial charge < -0.3 is 4.74 Å². The van der Waals surface area contributed by atoms with Crippen molar-refractivity contribution in [2.75, 3.05) is 13.2 Å². The highest BCUT2D eigenvalue weighted by Gasteiger charge is 2.28. The topological polar surface area (TPSA) is 46.6 Å². The fraction of sp³-hybridized carbons (Fsp3) is 0.333. The summed E-state index contributed by atoms with van der Waals surface area (Å²) in [6.45, 7) is 6.50. The van der Waals surface area contributed by atoms with E-state index in [2.05, 4.69) is 0 Å². The van der Waals surface area contributed by atoms with E-state index in [4.69, 9.17) is 16.3 Å². The summed E-state index contributed by atoms with van der Waals surface area (Å²) in [4.78, 5) is 0.109. The van der Waals surface area contributed by atoms with Gasteiger partial charge in [-0.2, -0.15) is 4.31 Å². The summed E-state index contributed by atoms with van der Waals surface area (Å²) in [5, 5.41) is 0.410. The molecule has 130 valence electrons. The standard InChI is InChI=1S/C18H22ClNO3S/c1-4-20(13-15-9-7-6-8-10-15)24(21,22)18-12-16(19)14(3)11-17(18)23-5-2/h6-12H,4-5,13H2,1-3H3. The van der Waals surface area contributed by atoms with Crippen molar-refractivity contribution in [3.63, 3.8) is 0 Å². The van der Waals surface area contributed by atoms with Crippen molar-refractivity contribution >= 4 is 21.6 Å². The number of nitrogens with zero attached hydrogens (tertiary/aromatic N) is 1. The Kier molecular flexibility index (Phi) is 6.27. The Labute approximate surface area is 149 Å². The monoisotopic (exact) mass is 367 g/mol. The van der Waals surface area contributed by atoms with Crippen LogP contribution in [0.15, 0.2) is 47.4 Å². The normalized spacial score (nSPS) is 11.7. The summed E-state index contributed by atoms with van der Waals surface area (Å²) in [5.74, 6) is 0.339. The van der Waals surface area contributed by atoms with Crippen LogP contribution >= 0.6 is 11.6 Å². The fourth-order valence-corrected chi connectivity index (χ4v) is 4.20. The van der Waals surface area contributed by atoms with Gasteiger partial charge in [0.2, 0.25) is 10.0 Å². The molecule has 0 amide bonds. The highest BCUT2D eigenvalue weighted by atomic mass is 35.5. The number of ether oxygens (including phenoxy) is 1. The van der Waals surface area contributed by atoms with Crippen LogP contribution in [-0.4, -0.2) is 25.9 Å². The minimum absolute atomic E-state index is 0.109. The average molecular weight is 368 g/mol. The third-order valence-electron chi connectivity index (χ3n) is 3.70. The first-order valence-corrected chi connectivity index (χ1v) is 9.69. The van der Waals surface area contributed by atoms with E-state index in [-0.39, 0.29) is 4.90 Å². The molecule has 0 aliphatic rings. The van der Waals surface area contributed by atoms with E-state index >= 15 is 0 Å². The highest BCUT2D eigenvalue weighted by Crippen LogP contribution is 2.33. The Morgan fingerprint density at radius 3 is 2.38 bits per heavy atom. The summed E-state index contributed by atoms with van der Waals surface area (Å²) >= 11 is 6.16. The molecule has 0 bridgehead atoms. The van der Waals surface area contributed by atoms with E-state index in [1.54, 1.807) is 6.07 Å². The first-order chi connectivity index (χ1) is 11.4. The third-order valence-corrected chi connectivity index (χ3v) is 6.05. The largest absolute Gasteiger partial charge is 0.492 e. The third kappa shape index (κ3) is 4.09. The predicted molar refractivity (Wildman–Crippen MR) is 97.1 cm³/mol. The van der Waals surface area contributed by atoms with Gasteiger partial charge in [0.1, 0.15) is 10.6 Å². The molecule has 24 heavy (non-hydrogen) atoms. The lowest BCUT2D eigenvalue weighted by Gasteiger charge is -2.22. The van der Waals surface area contributed by atoms with Gasteiger partial charge in [-0.1, -0.05) is 48.9 Å². The number of hydrogen-bond donors (Lipinski definition) is 0. The lowest BCUT2D eigenvalue weighted by atomic mass is 10.2. The molecule has 4 nitrogen and oxygen atoms in total. The zero-order valence-electron chi connectivity index (χ0n) is 14.1. The maximum absolute atomic E-state index is 13.1. The van der Waals surface area contributed by atoms with Crippen molar-refractivity contribution in [2.24, 2.45) is 0 Å². The molecule has 0 atom stereocenters. The van der Waals surface area contributed by atoms with Gasteiger partial charge in [0.15, 0.2) is 0 Å². The van der Waals surface area contributed by atoms with E-state index in [0.29, 0.717) is 30.5 Å². The number of halogens is 1. The lowest BCUT2D eigenvalue weighted by Crippen LogP contribution is -2.30. The second-order valence-electron chi connectivity index (χ2n) is 5.40. The Hall–Kier alpha value is -1.56. The number of sulfonamides is 1. The van der Waals surface area contributed by atoms with Gasteiger partial charge >= 0.3 is 0 Å². The molecular formula is C18H22ClNO3S. The van der Waals surface area contributed by atoms with E-state index in [0.717, 1.165) is 11.1 Å². The second-order valence-corrected chi connectivity index (χ2v) is 7.71. The second kappa shape index (κ2) is 8.01. The number of hydrogen-bond acceptors (Lipinski definition) is 3. The maximum atomic E-state index is 13.1. The van der Waals surface area contributed by atoms with Crippen molar-refractivity contribution in [2.45, 2.75) is 32.2 Å². The SMILES string of the molecule is CCOc1cc(C)c(Cl)cc1S(=O)(=O)N(CC)Cc1ccccc1. The molecule has 0 unspecified atom stereocenters. The van der Waals surface area contributed by atoms with Crippen LogP contribution in [0.1, 0.15) is 25.0 Å². The summed E-state index contributed by atoms with van der Waals surface area (Å²) in [5.41, 5.74) is 1.71. The van der Waals surface area contributed by atoms with Crippen LogP contribution in [0.2, 0.25) is 5.02 Å². The molecule has 0 N–H and O–H groups in total. The highest BCUT2D eigenvalue weighted by molar-refractivity contribution is 7.89. The molecule has 0 aromatic heterocycles. The minimum Gasteiger partial charge on any atom is -0.492 e. The van der Waals surface area contributed by atoms with E-state index in [1.807, 2.05) is 51.1 Å². The van der Waals surface area contributed by atoms with E-state index in [9.17, 15) is 8.42 Å². The molecule has 6 heteroatoms. The number of rotatable bonds is 7. The Balaban J connectivity index is 2.45. The predicted octanol–water partition coefficient (Wildman–Crippen LogP) is 4.26. The molecule has 0 fully saturated rings. The van der Waals surface area contributed by atoms with Crippen LogP contribution < -0.4 is 4.74 Å². The quantitative estimate of drug-likeness (QED) is 0.734. The van der Waals surface area contributed by atoms with Crippen molar-refractivity contribution < 1.29 is 13.2 Å². The van der Waals surface area contributed by atoms with Crippen molar-refractivity contribution in [1.82, 2.24) is 4.31 Å². The molecule has 2 rings (SSSR count).